The molecule has 0 unspecified atom stereocenters. The van der Waals surface area contributed by atoms with E-state index < -0.39 is 0 Å². The van der Waals surface area contributed by atoms with Gasteiger partial charge in [0.1, 0.15) is 4.32 Å². The summed E-state index contributed by atoms with van der Waals surface area (Å²) < 4.78 is 0.827. The zero-order valence-electron chi connectivity index (χ0n) is 12.0. The molecular weight excluding hydrogens is 324 g/mol. The van der Waals surface area contributed by atoms with E-state index in [0.29, 0.717) is 11.6 Å². The van der Waals surface area contributed by atoms with Crippen molar-refractivity contribution >= 4 is 45.8 Å². The van der Waals surface area contributed by atoms with E-state index in [1.807, 2.05) is 31.2 Å². The zero-order chi connectivity index (χ0) is 15.2. The van der Waals surface area contributed by atoms with Gasteiger partial charge in [0.05, 0.1) is 5.25 Å². The molecule has 2 rings (SSSR count). The fourth-order valence-corrected chi connectivity index (χ4v) is 3.79. The van der Waals surface area contributed by atoms with Crippen LogP contribution in [0.15, 0.2) is 24.3 Å². The van der Waals surface area contributed by atoms with Gasteiger partial charge in [0.15, 0.2) is 0 Å². The summed E-state index contributed by atoms with van der Waals surface area (Å²) in [5.41, 5.74) is 0.923. The van der Waals surface area contributed by atoms with Gasteiger partial charge in [0, 0.05) is 24.7 Å². The second-order valence-electron chi connectivity index (χ2n) is 5.03. The highest BCUT2D eigenvalue weighted by Crippen LogP contribution is 2.21. The highest BCUT2D eigenvalue weighted by atomic mass is 35.5. The lowest BCUT2D eigenvalue weighted by molar-refractivity contribution is -0.120. The zero-order valence-corrected chi connectivity index (χ0v) is 14.4. The van der Waals surface area contributed by atoms with Crippen molar-refractivity contribution in [2.45, 2.75) is 31.6 Å². The maximum Gasteiger partial charge on any atom is 0.233 e. The molecule has 0 spiro atoms. The van der Waals surface area contributed by atoms with Gasteiger partial charge in [-0.3, -0.25) is 4.79 Å². The lowest BCUT2D eigenvalue weighted by Gasteiger charge is -2.20. The molecule has 0 aromatic heterocycles. The molecule has 1 amide bonds. The average Bonchev–Trinajstić information content (AvgIpc) is 3.00. The minimum Gasteiger partial charge on any atom is -0.358 e. The molecule has 6 heteroatoms. The summed E-state index contributed by atoms with van der Waals surface area (Å²) in [5, 5.41) is 3.39. The van der Waals surface area contributed by atoms with Crippen molar-refractivity contribution in [3.8, 4) is 0 Å². The smallest absolute Gasteiger partial charge is 0.233 e. The number of amides is 1. The Labute approximate surface area is 140 Å². The van der Waals surface area contributed by atoms with Crippen molar-refractivity contribution in [2.75, 3.05) is 13.1 Å². The van der Waals surface area contributed by atoms with Crippen LogP contribution in [0, 0.1) is 0 Å². The van der Waals surface area contributed by atoms with Crippen LogP contribution in [0.3, 0.4) is 0 Å². The average molecular weight is 343 g/mol. The molecule has 0 bridgehead atoms. The fraction of sp³-hybridized carbons (Fsp3) is 0.467. The number of hydrogen-bond acceptors (Lipinski definition) is 3. The van der Waals surface area contributed by atoms with Crippen molar-refractivity contribution in [3.05, 3.63) is 34.9 Å². The van der Waals surface area contributed by atoms with Crippen LogP contribution in [0.5, 0.6) is 0 Å². The molecule has 1 aliphatic heterocycles. The van der Waals surface area contributed by atoms with Gasteiger partial charge in [-0.15, -0.1) is 0 Å². The molecule has 21 heavy (non-hydrogen) atoms. The largest absolute Gasteiger partial charge is 0.358 e. The van der Waals surface area contributed by atoms with Gasteiger partial charge in [-0.25, -0.2) is 0 Å². The quantitative estimate of drug-likeness (QED) is 0.849. The number of hydrogen-bond donors (Lipinski definition) is 1. The Morgan fingerprint density at radius 2 is 2.10 bits per heavy atom. The summed E-state index contributed by atoms with van der Waals surface area (Å²) in [6, 6.07) is 7.52. The number of nitrogens with one attached hydrogen (secondary N) is 1. The van der Waals surface area contributed by atoms with Gasteiger partial charge >= 0.3 is 0 Å². The van der Waals surface area contributed by atoms with Crippen LogP contribution in [0.2, 0.25) is 5.02 Å². The summed E-state index contributed by atoms with van der Waals surface area (Å²) in [4.78, 5) is 14.3. The van der Waals surface area contributed by atoms with E-state index in [2.05, 4.69) is 10.2 Å². The van der Waals surface area contributed by atoms with E-state index in [-0.39, 0.29) is 11.2 Å². The standard InChI is InChI=1S/C15H19ClN2OS2/c1-11(21-15(20)18-8-4-5-9-18)14(19)17-10-12-6-2-3-7-13(12)16/h2-3,6-7,11H,4-5,8-10H2,1H3,(H,17,19)/t11-/m0/s1. The molecular formula is C15H19ClN2OS2. The van der Waals surface area contributed by atoms with Crippen molar-refractivity contribution < 1.29 is 4.79 Å². The Bertz CT molecular complexity index is 518. The molecule has 3 nitrogen and oxygen atoms in total. The van der Waals surface area contributed by atoms with E-state index in [0.717, 1.165) is 23.0 Å². The highest BCUT2D eigenvalue weighted by molar-refractivity contribution is 8.23. The number of likely N-dealkylation sites (tertiary alicyclic amines) is 1. The van der Waals surface area contributed by atoms with Crippen LogP contribution < -0.4 is 5.32 Å². The number of thiocarbonyl (C=S) groups is 1. The predicted octanol–water partition coefficient (Wildman–Crippen LogP) is 3.46. The van der Waals surface area contributed by atoms with Crippen LogP contribution in [0.1, 0.15) is 25.3 Å². The molecule has 1 aromatic rings. The van der Waals surface area contributed by atoms with Crippen molar-refractivity contribution in [3.63, 3.8) is 0 Å². The summed E-state index contributed by atoms with van der Waals surface area (Å²) >= 11 is 12.9. The Hall–Kier alpha value is -0.780. The Kier molecular flexibility index (Phi) is 6.33. The summed E-state index contributed by atoms with van der Waals surface area (Å²) in [6.45, 7) is 4.36. The van der Waals surface area contributed by atoms with Gasteiger partial charge in [-0.2, -0.15) is 0 Å². The Morgan fingerprint density at radius 1 is 1.43 bits per heavy atom. The Balaban J connectivity index is 1.79. The second-order valence-corrected chi connectivity index (χ2v) is 7.41. The minimum atomic E-state index is -0.194. The second kappa shape index (κ2) is 8.01. The lowest BCUT2D eigenvalue weighted by atomic mass is 10.2. The van der Waals surface area contributed by atoms with Gasteiger partial charge in [0.2, 0.25) is 5.91 Å². The molecule has 114 valence electrons. The number of carbonyl (C=O) groups excluding carboxylic acids is 1. The normalized spacial score (nSPS) is 15.8. The van der Waals surface area contributed by atoms with Gasteiger partial charge in [-0.1, -0.05) is 53.8 Å². The fourth-order valence-electron chi connectivity index (χ4n) is 2.15. The van der Waals surface area contributed by atoms with Crippen LogP contribution in [0.4, 0.5) is 0 Å². The van der Waals surface area contributed by atoms with Crippen molar-refractivity contribution in [2.24, 2.45) is 0 Å². The van der Waals surface area contributed by atoms with E-state index >= 15 is 0 Å². The van der Waals surface area contributed by atoms with E-state index in [4.69, 9.17) is 23.8 Å². The molecule has 0 aliphatic carbocycles. The maximum atomic E-state index is 12.1. The minimum absolute atomic E-state index is 0.0125. The monoisotopic (exact) mass is 342 g/mol. The third kappa shape index (κ3) is 4.87. The highest BCUT2D eigenvalue weighted by Gasteiger charge is 2.21. The topological polar surface area (TPSA) is 32.3 Å². The third-order valence-corrected chi connectivity index (χ3v) is 5.37. The van der Waals surface area contributed by atoms with E-state index in [1.54, 1.807) is 0 Å². The van der Waals surface area contributed by atoms with Crippen LogP contribution in [0.25, 0.3) is 0 Å². The third-order valence-electron chi connectivity index (χ3n) is 3.42. The number of carbonyl (C=O) groups is 1. The number of halogens is 1. The molecule has 1 saturated heterocycles. The SMILES string of the molecule is C[C@H](SC(=S)N1CCCC1)C(=O)NCc1ccccc1Cl. The van der Waals surface area contributed by atoms with E-state index in [9.17, 15) is 4.79 Å². The van der Waals surface area contributed by atoms with Crippen molar-refractivity contribution in [1.29, 1.82) is 0 Å². The summed E-state index contributed by atoms with van der Waals surface area (Å²) in [7, 11) is 0. The first-order valence-electron chi connectivity index (χ1n) is 7.04. The number of thioether (sulfide) groups is 1. The Morgan fingerprint density at radius 3 is 2.76 bits per heavy atom. The molecule has 1 aromatic carbocycles. The van der Waals surface area contributed by atoms with Crippen molar-refractivity contribution in [1.82, 2.24) is 10.2 Å². The van der Waals surface area contributed by atoms with Gasteiger partial charge in [-0.05, 0) is 31.4 Å². The van der Waals surface area contributed by atoms with Crippen LogP contribution >= 0.6 is 35.6 Å². The molecule has 0 radical (unpaired) electrons. The van der Waals surface area contributed by atoms with Gasteiger partial charge in [0.25, 0.3) is 0 Å². The molecule has 1 fully saturated rings. The van der Waals surface area contributed by atoms with E-state index in [1.165, 1.54) is 24.6 Å². The first-order chi connectivity index (χ1) is 10.1. The molecule has 1 atom stereocenters. The summed E-state index contributed by atoms with van der Waals surface area (Å²) in [6.07, 6.45) is 2.38. The molecule has 1 N–H and O–H groups in total. The molecule has 0 saturated carbocycles. The first-order valence-corrected chi connectivity index (χ1v) is 8.71. The molecule has 1 aliphatic rings. The van der Waals surface area contributed by atoms with Crippen LogP contribution in [-0.2, 0) is 11.3 Å². The number of nitrogens with zero attached hydrogens (tertiary/aromatic N) is 1. The number of benzene rings is 1. The molecule has 1 heterocycles. The van der Waals surface area contributed by atoms with Gasteiger partial charge < -0.3 is 10.2 Å². The first kappa shape index (κ1) is 16.6. The maximum absolute atomic E-state index is 12.1. The van der Waals surface area contributed by atoms with Crippen LogP contribution in [-0.4, -0.2) is 33.5 Å². The summed E-state index contributed by atoms with van der Waals surface area (Å²) in [5.74, 6) is -0.0125. The predicted molar refractivity (Wildman–Crippen MR) is 93.8 cm³/mol. The lowest BCUT2D eigenvalue weighted by Crippen LogP contribution is -2.33. The number of rotatable bonds is 4.